The Balaban J connectivity index is 1.72. The third-order valence-electron chi connectivity index (χ3n) is 6.10. The molecule has 0 amide bonds. The van der Waals surface area contributed by atoms with Gasteiger partial charge in [-0.05, 0) is 68.4 Å². The first-order valence-electron chi connectivity index (χ1n) is 7.93. The zero-order valence-electron chi connectivity index (χ0n) is 12.2. The Morgan fingerprint density at radius 1 is 1.05 bits per heavy atom. The first-order valence-corrected chi connectivity index (χ1v) is 7.93. The van der Waals surface area contributed by atoms with Crippen molar-refractivity contribution in [3.05, 3.63) is 29.8 Å². The zero-order valence-corrected chi connectivity index (χ0v) is 12.2. The second kappa shape index (κ2) is 4.25. The van der Waals surface area contributed by atoms with Gasteiger partial charge in [-0.2, -0.15) is 5.26 Å². The average Bonchev–Trinajstić information content (AvgIpc) is 2.45. The van der Waals surface area contributed by atoms with E-state index in [-0.39, 0.29) is 0 Å². The lowest BCUT2D eigenvalue weighted by Crippen LogP contribution is -2.59. The molecule has 2 heteroatoms. The largest absolute Gasteiger partial charge is 0.368 e. The summed E-state index contributed by atoms with van der Waals surface area (Å²) < 4.78 is 0. The number of para-hydroxylation sites is 1. The van der Waals surface area contributed by atoms with Gasteiger partial charge in [0.05, 0.1) is 11.3 Å². The standard InChI is InChI=1S/C18H22N2/c1-20(17-5-3-2-4-16(17)12-19)18-9-13-6-14(10-18)8-15(7-13)11-18/h2-5,13-15H,6-11H2,1H3. The van der Waals surface area contributed by atoms with E-state index in [0.29, 0.717) is 5.54 Å². The van der Waals surface area contributed by atoms with Crippen LogP contribution in [0.3, 0.4) is 0 Å². The van der Waals surface area contributed by atoms with E-state index >= 15 is 0 Å². The van der Waals surface area contributed by atoms with Gasteiger partial charge < -0.3 is 4.90 Å². The van der Waals surface area contributed by atoms with Gasteiger partial charge in [0.1, 0.15) is 6.07 Å². The third-order valence-corrected chi connectivity index (χ3v) is 6.10. The molecule has 4 aliphatic rings. The van der Waals surface area contributed by atoms with Gasteiger partial charge in [-0.25, -0.2) is 0 Å². The molecular weight excluding hydrogens is 244 g/mol. The quantitative estimate of drug-likeness (QED) is 0.810. The minimum Gasteiger partial charge on any atom is -0.368 e. The molecule has 4 fully saturated rings. The van der Waals surface area contributed by atoms with E-state index in [1.165, 1.54) is 38.5 Å². The monoisotopic (exact) mass is 266 g/mol. The van der Waals surface area contributed by atoms with Gasteiger partial charge in [-0.3, -0.25) is 0 Å². The number of nitriles is 1. The molecule has 0 spiro atoms. The van der Waals surface area contributed by atoms with Gasteiger partial charge in [0, 0.05) is 12.6 Å². The predicted molar refractivity (Wildman–Crippen MR) is 80.5 cm³/mol. The molecule has 0 aliphatic heterocycles. The number of nitrogens with zero attached hydrogens (tertiary/aromatic N) is 2. The maximum absolute atomic E-state index is 9.37. The highest BCUT2D eigenvalue weighted by Crippen LogP contribution is 2.58. The van der Waals surface area contributed by atoms with E-state index in [9.17, 15) is 5.26 Å². The summed E-state index contributed by atoms with van der Waals surface area (Å²) in [5, 5.41) is 9.37. The van der Waals surface area contributed by atoms with Crippen molar-refractivity contribution in [2.75, 3.05) is 11.9 Å². The SMILES string of the molecule is CN(c1ccccc1C#N)C12CC3CC(CC(C3)C1)C2. The molecule has 0 N–H and O–H groups in total. The van der Waals surface area contributed by atoms with E-state index in [2.05, 4.69) is 30.1 Å². The second-order valence-electron chi connectivity index (χ2n) is 7.33. The third kappa shape index (κ3) is 1.69. The van der Waals surface area contributed by atoms with Crippen LogP contribution in [0.1, 0.15) is 44.1 Å². The van der Waals surface area contributed by atoms with Crippen molar-refractivity contribution in [1.82, 2.24) is 0 Å². The van der Waals surface area contributed by atoms with Crippen LogP contribution in [0, 0.1) is 29.1 Å². The summed E-state index contributed by atoms with van der Waals surface area (Å²) in [4.78, 5) is 2.47. The fourth-order valence-electron chi connectivity index (χ4n) is 5.59. The molecule has 0 saturated heterocycles. The Labute approximate surface area is 121 Å². The van der Waals surface area contributed by atoms with E-state index < -0.39 is 0 Å². The number of benzene rings is 1. The van der Waals surface area contributed by atoms with Gasteiger partial charge in [0.25, 0.3) is 0 Å². The number of hydrogen-bond donors (Lipinski definition) is 0. The van der Waals surface area contributed by atoms with Crippen LogP contribution in [0.15, 0.2) is 24.3 Å². The molecule has 4 saturated carbocycles. The molecule has 0 unspecified atom stereocenters. The minimum absolute atomic E-state index is 0.335. The molecule has 4 bridgehead atoms. The Bertz CT molecular complexity index is 534. The molecular formula is C18H22N2. The Morgan fingerprint density at radius 3 is 2.15 bits per heavy atom. The van der Waals surface area contributed by atoms with Crippen molar-refractivity contribution in [3.8, 4) is 6.07 Å². The molecule has 4 aliphatic carbocycles. The fourth-order valence-corrected chi connectivity index (χ4v) is 5.59. The maximum atomic E-state index is 9.37. The van der Waals surface area contributed by atoms with E-state index in [1.807, 2.05) is 12.1 Å². The molecule has 0 heterocycles. The van der Waals surface area contributed by atoms with Crippen LogP contribution in [0.4, 0.5) is 5.69 Å². The normalized spacial score (nSPS) is 37.7. The Morgan fingerprint density at radius 2 is 1.60 bits per heavy atom. The smallest absolute Gasteiger partial charge is 0.101 e. The average molecular weight is 266 g/mol. The summed E-state index contributed by atoms with van der Waals surface area (Å²) in [6.45, 7) is 0. The van der Waals surface area contributed by atoms with E-state index in [1.54, 1.807) is 0 Å². The molecule has 2 nitrogen and oxygen atoms in total. The zero-order chi connectivity index (χ0) is 13.7. The lowest BCUT2D eigenvalue weighted by atomic mass is 9.52. The first-order chi connectivity index (χ1) is 9.70. The summed E-state index contributed by atoms with van der Waals surface area (Å²) in [5.41, 5.74) is 2.30. The van der Waals surface area contributed by atoms with Crippen molar-refractivity contribution in [1.29, 1.82) is 5.26 Å². The van der Waals surface area contributed by atoms with Crippen molar-refractivity contribution in [2.24, 2.45) is 17.8 Å². The van der Waals surface area contributed by atoms with Crippen molar-refractivity contribution < 1.29 is 0 Å². The lowest BCUT2D eigenvalue weighted by Gasteiger charge is -2.60. The highest BCUT2D eigenvalue weighted by Gasteiger charge is 2.53. The molecule has 104 valence electrons. The predicted octanol–water partition coefficient (Wildman–Crippen LogP) is 3.96. The van der Waals surface area contributed by atoms with Crippen LogP contribution < -0.4 is 4.90 Å². The van der Waals surface area contributed by atoms with Crippen LogP contribution in [0.5, 0.6) is 0 Å². The maximum Gasteiger partial charge on any atom is 0.101 e. The van der Waals surface area contributed by atoms with Crippen LogP contribution in [0.25, 0.3) is 0 Å². The van der Waals surface area contributed by atoms with Crippen LogP contribution in [-0.4, -0.2) is 12.6 Å². The van der Waals surface area contributed by atoms with Gasteiger partial charge >= 0.3 is 0 Å². The minimum atomic E-state index is 0.335. The molecule has 20 heavy (non-hydrogen) atoms. The Hall–Kier alpha value is -1.49. The van der Waals surface area contributed by atoms with Gasteiger partial charge in [-0.1, -0.05) is 12.1 Å². The number of rotatable bonds is 2. The fraction of sp³-hybridized carbons (Fsp3) is 0.611. The summed E-state index contributed by atoms with van der Waals surface area (Å²) >= 11 is 0. The highest BCUT2D eigenvalue weighted by atomic mass is 15.2. The topological polar surface area (TPSA) is 27.0 Å². The van der Waals surface area contributed by atoms with E-state index in [0.717, 1.165) is 29.0 Å². The molecule has 1 aromatic rings. The Kier molecular flexibility index (Phi) is 2.61. The van der Waals surface area contributed by atoms with Crippen LogP contribution in [0.2, 0.25) is 0 Å². The van der Waals surface area contributed by atoms with Crippen LogP contribution in [-0.2, 0) is 0 Å². The second-order valence-corrected chi connectivity index (χ2v) is 7.33. The summed E-state index contributed by atoms with van der Waals surface area (Å²) in [5.74, 6) is 2.83. The van der Waals surface area contributed by atoms with E-state index in [4.69, 9.17) is 0 Å². The van der Waals surface area contributed by atoms with Gasteiger partial charge in [-0.15, -0.1) is 0 Å². The molecule has 0 aromatic heterocycles. The number of anilines is 1. The van der Waals surface area contributed by atoms with Crippen molar-refractivity contribution in [3.63, 3.8) is 0 Å². The van der Waals surface area contributed by atoms with Crippen LogP contribution >= 0.6 is 0 Å². The highest BCUT2D eigenvalue weighted by molar-refractivity contribution is 5.60. The molecule has 0 radical (unpaired) electrons. The van der Waals surface area contributed by atoms with Gasteiger partial charge in [0.15, 0.2) is 0 Å². The molecule has 1 aromatic carbocycles. The van der Waals surface area contributed by atoms with Crippen molar-refractivity contribution in [2.45, 2.75) is 44.1 Å². The molecule has 5 rings (SSSR count). The van der Waals surface area contributed by atoms with Gasteiger partial charge in [0.2, 0.25) is 0 Å². The number of hydrogen-bond acceptors (Lipinski definition) is 2. The summed E-state index contributed by atoms with van der Waals surface area (Å²) in [6.07, 6.45) is 8.42. The summed E-state index contributed by atoms with van der Waals surface area (Å²) in [6, 6.07) is 10.5. The first kappa shape index (κ1) is 12.3. The molecule has 0 atom stereocenters. The van der Waals surface area contributed by atoms with Crippen molar-refractivity contribution >= 4 is 5.69 Å². The lowest BCUT2D eigenvalue weighted by molar-refractivity contribution is -0.00202. The summed E-state index contributed by atoms with van der Waals surface area (Å²) in [7, 11) is 2.23.